The summed E-state index contributed by atoms with van der Waals surface area (Å²) in [4.78, 5) is 19.7. The average Bonchev–Trinajstić information content (AvgIpc) is 2.78. The summed E-state index contributed by atoms with van der Waals surface area (Å²) in [6.07, 6.45) is 2.49. The first-order chi connectivity index (χ1) is 15.0. The van der Waals surface area contributed by atoms with Crippen LogP contribution in [0.15, 0.2) is 54.6 Å². The van der Waals surface area contributed by atoms with Gasteiger partial charge < -0.3 is 15.1 Å². The van der Waals surface area contributed by atoms with Crippen molar-refractivity contribution in [2.75, 3.05) is 52.2 Å². The molecule has 0 saturated carbocycles. The quantitative estimate of drug-likeness (QED) is 0.711. The number of rotatable bonds is 8. The van der Waals surface area contributed by atoms with E-state index in [-0.39, 0.29) is 5.91 Å². The van der Waals surface area contributed by atoms with E-state index in [0.717, 1.165) is 49.3 Å². The fraction of sp³-hybridized carbons (Fsp3) is 0.500. The van der Waals surface area contributed by atoms with Gasteiger partial charge in [-0.1, -0.05) is 30.3 Å². The van der Waals surface area contributed by atoms with Gasteiger partial charge in [-0.3, -0.25) is 9.69 Å². The first kappa shape index (κ1) is 21.8. The predicted octanol–water partition coefficient (Wildman–Crippen LogP) is 3.32. The van der Waals surface area contributed by atoms with Crippen LogP contribution in [0.2, 0.25) is 0 Å². The monoisotopic (exact) mass is 420 g/mol. The molecule has 3 fully saturated rings. The Bertz CT molecular complexity index is 851. The van der Waals surface area contributed by atoms with Crippen LogP contribution in [0.4, 0.5) is 5.69 Å². The molecule has 3 aliphatic rings. The number of carbonyl (C=O) groups excluding carboxylic acids is 1. The number of carbonyl (C=O) groups is 1. The first-order valence-corrected chi connectivity index (χ1v) is 11.5. The molecule has 0 aromatic heterocycles. The van der Waals surface area contributed by atoms with E-state index in [4.69, 9.17) is 0 Å². The number of nitrogens with zero attached hydrogens (tertiary/aromatic N) is 3. The van der Waals surface area contributed by atoms with Crippen LogP contribution < -0.4 is 10.2 Å². The molecule has 1 amide bonds. The van der Waals surface area contributed by atoms with Gasteiger partial charge in [-0.25, -0.2) is 0 Å². The molecule has 0 radical (unpaired) electrons. The molecule has 2 bridgehead atoms. The fourth-order valence-corrected chi connectivity index (χ4v) is 5.25. The molecule has 5 heteroatoms. The number of hydrogen-bond acceptors (Lipinski definition) is 4. The van der Waals surface area contributed by atoms with E-state index in [0.29, 0.717) is 6.04 Å². The van der Waals surface area contributed by atoms with Gasteiger partial charge in [0.15, 0.2) is 0 Å². The van der Waals surface area contributed by atoms with Crippen molar-refractivity contribution in [2.45, 2.75) is 25.4 Å². The van der Waals surface area contributed by atoms with Crippen LogP contribution in [0.5, 0.6) is 0 Å². The molecule has 2 aromatic carbocycles. The molecular weight excluding hydrogens is 384 g/mol. The maximum Gasteiger partial charge on any atom is 0.251 e. The molecule has 3 aliphatic heterocycles. The van der Waals surface area contributed by atoms with Crippen LogP contribution >= 0.6 is 0 Å². The van der Waals surface area contributed by atoms with Crippen molar-refractivity contribution in [3.63, 3.8) is 0 Å². The van der Waals surface area contributed by atoms with Crippen LogP contribution in [0, 0.1) is 11.8 Å². The molecule has 3 saturated heterocycles. The van der Waals surface area contributed by atoms with Crippen LogP contribution in [0.25, 0.3) is 0 Å². The van der Waals surface area contributed by atoms with Gasteiger partial charge in [0.1, 0.15) is 0 Å². The zero-order chi connectivity index (χ0) is 21.8. The highest BCUT2D eigenvalue weighted by atomic mass is 16.1. The summed E-state index contributed by atoms with van der Waals surface area (Å²) in [5.41, 5.74) is 3.22. The molecule has 2 aromatic rings. The number of amides is 1. The Balaban J connectivity index is 1.26. The summed E-state index contributed by atoms with van der Waals surface area (Å²) in [5.74, 6) is 1.53. The van der Waals surface area contributed by atoms with Crippen molar-refractivity contribution in [1.29, 1.82) is 0 Å². The lowest BCUT2D eigenvalue weighted by molar-refractivity contribution is -0.00955. The van der Waals surface area contributed by atoms with Crippen molar-refractivity contribution in [3.8, 4) is 0 Å². The molecule has 4 atom stereocenters. The minimum absolute atomic E-state index is 0.0343. The van der Waals surface area contributed by atoms with Gasteiger partial charge in [0.2, 0.25) is 0 Å². The summed E-state index contributed by atoms with van der Waals surface area (Å²) < 4.78 is 0. The van der Waals surface area contributed by atoms with Crippen molar-refractivity contribution in [3.05, 3.63) is 65.7 Å². The maximum absolute atomic E-state index is 12.6. The van der Waals surface area contributed by atoms with E-state index >= 15 is 0 Å². The largest absolute Gasteiger partial charge is 0.378 e. The molecule has 5 rings (SSSR count). The van der Waals surface area contributed by atoms with Crippen molar-refractivity contribution < 1.29 is 4.79 Å². The van der Waals surface area contributed by atoms with Gasteiger partial charge >= 0.3 is 0 Å². The lowest BCUT2D eigenvalue weighted by Crippen LogP contribution is -2.58. The minimum Gasteiger partial charge on any atom is -0.378 e. The molecule has 3 heterocycles. The standard InChI is InChI=1S/C26H36N4O/c1-28(2)24-11-9-21(10-12-24)26(31)27-16-25-15-22-13-14-30(25)19-23(22)18-29(3)17-20-7-5-4-6-8-20/h4-12,22-23,25H,13-19H2,1-3H3,(H,27,31)/t22-,23+,25+/m1/s1. The Kier molecular flexibility index (Phi) is 6.93. The number of piperidine rings is 3. The zero-order valence-electron chi connectivity index (χ0n) is 19.1. The van der Waals surface area contributed by atoms with Crippen molar-refractivity contribution >= 4 is 11.6 Å². The summed E-state index contributed by atoms with van der Waals surface area (Å²) in [5, 5.41) is 3.19. The van der Waals surface area contributed by atoms with Gasteiger partial charge in [-0.15, -0.1) is 0 Å². The number of anilines is 1. The number of nitrogens with one attached hydrogen (secondary N) is 1. The van der Waals surface area contributed by atoms with E-state index in [9.17, 15) is 4.79 Å². The van der Waals surface area contributed by atoms with Crippen LogP contribution in [-0.2, 0) is 6.54 Å². The predicted molar refractivity (Wildman–Crippen MR) is 127 cm³/mol. The second kappa shape index (κ2) is 9.84. The highest BCUT2D eigenvalue weighted by Gasteiger charge is 2.40. The number of hydrogen-bond donors (Lipinski definition) is 1. The summed E-state index contributed by atoms with van der Waals surface area (Å²) in [6.45, 7) is 5.23. The van der Waals surface area contributed by atoms with E-state index in [1.807, 2.05) is 43.3 Å². The Morgan fingerprint density at radius 2 is 1.81 bits per heavy atom. The Labute approximate surface area is 187 Å². The molecular formula is C26H36N4O. The van der Waals surface area contributed by atoms with Crippen LogP contribution in [-0.4, -0.2) is 69.1 Å². The third-order valence-corrected chi connectivity index (χ3v) is 7.00. The van der Waals surface area contributed by atoms with E-state index in [1.54, 1.807) is 0 Å². The van der Waals surface area contributed by atoms with Gasteiger partial charge in [0.25, 0.3) is 5.91 Å². The Morgan fingerprint density at radius 3 is 2.45 bits per heavy atom. The number of benzene rings is 2. The van der Waals surface area contributed by atoms with E-state index in [1.165, 1.54) is 24.9 Å². The highest BCUT2D eigenvalue weighted by Crippen LogP contribution is 2.36. The summed E-state index contributed by atoms with van der Waals surface area (Å²) >= 11 is 0. The zero-order valence-corrected chi connectivity index (χ0v) is 19.1. The molecule has 5 nitrogen and oxygen atoms in total. The molecule has 166 valence electrons. The third-order valence-electron chi connectivity index (χ3n) is 7.00. The average molecular weight is 421 g/mol. The normalized spacial score (nSPS) is 24.9. The summed E-state index contributed by atoms with van der Waals surface area (Å²) in [6, 6.07) is 19.0. The van der Waals surface area contributed by atoms with Crippen LogP contribution in [0.3, 0.4) is 0 Å². The molecule has 1 unspecified atom stereocenters. The maximum atomic E-state index is 12.6. The Hall–Kier alpha value is -2.37. The van der Waals surface area contributed by atoms with Gasteiger partial charge in [0, 0.05) is 57.6 Å². The molecule has 0 spiro atoms. The lowest BCUT2D eigenvalue weighted by Gasteiger charge is -2.50. The third kappa shape index (κ3) is 5.46. The highest BCUT2D eigenvalue weighted by molar-refractivity contribution is 5.94. The lowest BCUT2D eigenvalue weighted by atomic mass is 9.75. The van der Waals surface area contributed by atoms with Crippen LogP contribution in [0.1, 0.15) is 28.8 Å². The second-order valence-corrected chi connectivity index (χ2v) is 9.53. The molecule has 1 N–H and O–H groups in total. The SMILES string of the molecule is CN(Cc1ccccc1)C[C@H]1CN2CC[C@@H]1C[C@H]2CNC(=O)c1ccc(N(C)C)cc1. The first-order valence-electron chi connectivity index (χ1n) is 11.5. The minimum atomic E-state index is 0.0343. The van der Waals surface area contributed by atoms with Gasteiger partial charge in [-0.05, 0) is 68.1 Å². The summed E-state index contributed by atoms with van der Waals surface area (Å²) in [7, 11) is 6.26. The fourth-order valence-electron chi connectivity index (χ4n) is 5.25. The topological polar surface area (TPSA) is 38.8 Å². The van der Waals surface area contributed by atoms with Gasteiger partial charge in [-0.2, -0.15) is 0 Å². The second-order valence-electron chi connectivity index (χ2n) is 9.53. The number of fused-ring (bicyclic) bond motifs is 3. The van der Waals surface area contributed by atoms with E-state index in [2.05, 4.69) is 52.5 Å². The van der Waals surface area contributed by atoms with E-state index < -0.39 is 0 Å². The molecule has 0 aliphatic carbocycles. The van der Waals surface area contributed by atoms with Crippen molar-refractivity contribution in [2.24, 2.45) is 11.8 Å². The van der Waals surface area contributed by atoms with Gasteiger partial charge in [0.05, 0.1) is 0 Å². The van der Waals surface area contributed by atoms with Crippen molar-refractivity contribution in [1.82, 2.24) is 15.1 Å². The smallest absolute Gasteiger partial charge is 0.251 e. The molecule has 31 heavy (non-hydrogen) atoms. The Morgan fingerprint density at radius 1 is 1.06 bits per heavy atom.